The van der Waals surface area contributed by atoms with Crippen LogP contribution in [0.25, 0.3) is 6.08 Å². The van der Waals surface area contributed by atoms with Crippen molar-refractivity contribution in [2.45, 2.75) is 0 Å². The maximum Gasteiger partial charge on any atom is 0.343 e. The van der Waals surface area contributed by atoms with Crippen molar-refractivity contribution >= 4 is 11.9 Å². The van der Waals surface area contributed by atoms with Gasteiger partial charge in [-0.2, -0.15) is 0 Å². The van der Waals surface area contributed by atoms with Gasteiger partial charge in [-0.25, -0.2) is 0 Å². The second kappa shape index (κ2) is 2.30. The van der Waals surface area contributed by atoms with E-state index in [1.165, 1.54) is 12.1 Å². The molecule has 0 unspecified atom stereocenters. The Morgan fingerprint density at radius 1 is 1.90 bits per heavy atom. The Labute approximate surface area is 56.5 Å². The van der Waals surface area contributed by atoms with Gasteiger partial charge in [-0.3, -0.25) is 0 Å². The van der Waals surface area contributed by atoms with Crippen molar-refractivity contribution in [1.29, 1.82) is 0 Å². The lowest BCUT2D eigenvalue weighted by atomic mass is 10.4. The Balaban J connectivity index is 2.98. The van der Waals surface area contributed by atoms with Crippen LogP contribution in [-0.2, 0) is 0 Å². The van der Waals surface area contributed by atoms with Gasteiger partial charge < -0.3 is 10.1 Å². The fraction of sp³-hybridized carbons (Fsp3) is 0. The van der Waals surface area contributed by atoms with Gasteiger partial charge in [0.1, 0.15) is 5.69 Å². The summed E-state index contributed by atoms with van der Waals surface area (Å²) in [5.41, 5.74) is 0.478. The fourth-order valence-corrected chi connectivity index (χ4v) is 0.525. The normalized spacial score (nSPS) is 9.20. The van der Waals surface area contributed by atoms with Crippen LogP contribution < -0.4 is 0 Å². The Hall–Kier alpha value is -1.65. The van der Waals surface area contributed by atoms with Crippen molar-refractivity contribution in [1.82, 2.24) is 10.2 Å². The Bertz CT molecular complexity index is 266. The van der Waals surface area contributed by atoms with Gasteiger partial charge in [0.25, 0.3) is 0 Å². The zero-order valence-corrected chi connectivity index (χ0v) is 5.07. The van der Waals surface area contributed by atoms with Crippen LogP contribution in [0.4, 0.5) is 5.82 Å². The second-order valence-electron chi connectivity index (χ2n) is 1.64. The quantitative estimate of drug-likeness (QED) is 0.490. The van der Waals surface area contributed by atoms with E-state index in [-0.39, 0.29) is 5.82 Å². The highest BCUT2D eigenvalue weighted by atomic mass is 16.6. The van der Waals surface area contributed by atoms with Crippen LogP contribution >= 0.6 is 0 Å². The number of aromatic nitrogens is 2. The van der Waals surface area contributed by atoms with E-state index in [1.54, 1.807) is 0 Å². The number of H-pyrrole nitrogens is 1. The van der Waals surface area contributed by atoms with Crippen molar-refractivity contribution in [3.05, 3.63) is 28.5 Å². The van der Waals surface area contributed by atoms with Gasteiger partial charge in [-0.1, -0.05) is 11.7 Å². The molecule has 10 heavy (non-hydrogen) atoms. The molecule has 0 saturated carbocycles. The van der Waals surface area contributed by atoms with Gasteiger partial charge in [0.15, 0.2) is 0 Å². The summed E-state index contributed by atoms with van der Waals surface area (Å²) in [6.45, 7) is 3.40. The van der Waals surface area contributed by atoms with Crippen molar-refractivity contribution < 1.29 is 4.92 Å². The molecule has 0 bridgehead atoms. The third kappa shape index (κ3) is 1.02. The van der Waals surface area contributed by atoms with Gasteiger partial charge in [0.05, 0.1) is 6.07 Å². The van der Waals surface area contributed by atoms with E-state index in [4.69, 9.17) is 0 Å². The van der Waals surface area contributed by atoms with E-state index in [0.29, 0.717) is 5.69 Å². The summed E-state index contributed by atoms with van der Waals surface area (Å²) >= 11 is 0. The minimum Gasteiger partial charge on any atom is -0.358 e. The van der Waals surface area contributed by atoms with E-state index in [2.05, 4.69) is 16.8 Å². The summed E-state index contributed by atoms with van der Waals surface area (Å²) in [6.07, 6.45) is 1.43. The molecule has 0 aliphatic rings. The molecule has 0 amide bonds. The molecular formula is C5H5N3O2. The molecule has 1 N–H and O–H groups in total. The van der Waals surface area contributed by atoms with Crippen LogP contribution in [0.5, 0.6) is 0 Å². The maximum absolute atomic E-state index is 10.0. The predicted molar refractivity (Wildman–Crippen MR) is 35.3 cm³/mol. The molecule has 0 spiro atoms. The summed E-state index contributed by atoms with van der Waals surface area (Å²) < 4.78 is 0. The Morgan fingerprint density at radius 3 is 2.90 bits per heavy atom. The monoisotopic (exact) mass is 139 g/mol. The van der Waals surface area contributed by atoms with Gasteiger partial charge in [0, 0.05) is 0 Å². The lowest BCUT2D eigenvalue weighted by molar-refractivity contribution is -0.389. The molecule has 52 valence electrons. The molecule has 0 aliphatic heterocycles. The van der Waals surface area contributed by atoms with E-state index in [9.17, 15) is 10.1 Å². The van der Waals surface area contributed by atoms with Gasteiger partial charge >= 0.3 is 5.82 Å². The van der Waals surface area contributed by atoms with Crippen LogP contribution in [0.15, 0.2) is 12.6 Å². The van der Waals surface area contributed by atoms with Gasteiger partial charge in [0.2, 0.25) is 0 Å². The summed E-state index contributed by atoms with van der Waals surface area (Å²) in [6, 6.07) is 1.31. The predicted octanol–water partition coefficient (Wildman–Crippen LogP) is 0.961. The molecule has 0 radical (unpaired) electrons. The average molecular weight is 139 g/mol. The first-order chi connectivity index (χ1) is 4.74. The lowest BCUT2D eigenvalue weighted by Gasteiger charge is -1.83. The molecule has 1 aromatic heterocycles. The van der Waals surface area contributed by atoms with Crippen LogP contribution in [-0.4, -0.2) is 15.1 Å². The number of nitrogens with zero attached hydrogens (tertiary/aromatic N) is 2. The zero-order valence-electron chi connectivity index (χ0n) is 5.07. The van der Waals surface area contributed by atoms with E-state index in [1.807, 2.05) is 0 Å². The molecule has 1 heterocycles. The molecule has 0 atom stereocenters. The van der Waals surface area contributed by atoms with Crippen LogP contribution in [0.1, 0.15) is 5.69 Å². The largest absolute Gasteiger partial charge is 0.358 e. The molecule has 1 aromatic rings. The van der Waals surface area contributed by atoms with Crippen LogP contribution in [0.3, 0.4) is 0 Å². The standard InChI is InChI=1S/C5H5N3O2/c1-2-4-3-5(7-6-4)8(9)10/h2-3H,1H2,(H,6,7). The topological polar surface area (TPSA) is 71.8 Å². The first kappa shape index (κ1) is 6.47. The smallest absolute Gasteiger partial charge is 0.343 e. The van der Waals surface area contributed by atoms with Crippen molar-refractivity contribution in [3.8, 4) is 0 Å². The number of aromatic amines is 1. The highest BCUT2D eigenvalue weighted by molar-refractivity contribution is 5.44. The average Bonchev–Trinajstić information content (AvgIpc) is 2.34. The molecule has 5 heteroatoms. The molecule has 0 aliphatic carbocycles. The summed E-state index contributed by atoms with van der Waals surface area (Å²) in [5.74, 6) is -0.116. The molecule has 1 rings (SSSR count). The van der Waals surface area contributed by atoms with Crippen LogP contribution in [0, 0.1) is 10.1 Å². The highest BCUT2D eigenvalue weighted by Gasteiger charge is 2.05. The molecule has 5 nitrogen and oxygen atoms in total. The summed E-state index contributed by atoms with van der Waals surface area (Å²) in [5, 5.41) is 15.8. The molecule has 0 saturated heterocycles. The maximum atomic E-state index is 10.0. The number of hydrogen-bond acceptors (Lipinski definition) is 3. The number of hydrogen-bond donors (Lipinski definition) is 1. The number of nitrogens with one attached hydrogen (secondary N) is 1. The zero-order chi connectivity index (χ0) is 7.56. The Kier molecular flexibility index (Phi) is 1.49. The van der Waals surface area contributed by atoms with Crippen molar-refractivity contribution in [2.24, 2.45) is 0 Å². The SMILES string of the molecule is C=Cc1cc([N+](=O)[O-])[nH]n1. The third-order valence-electron chi connectivity index (χ3n) is 0.990. The molecule has 0 fully saturated rings. The minimum absolute atomic E-state index is 0.116. The minimum atomic E-state index is -0.542. The summed E-state index contributed by atoms with van der Waals surface area (Å²) in [4.78, 5) is 9.49. The first-order valence-corrected chi connectivity index (χ1v) is 2.56. The van der Waals surface area contributed by atoms with Gasteiger partial charge in [-0.15, -0.1) is 5.10 Å². The fourth-order valence-electron chi connectivity index (χ4n) is 0.525. The Morgan fingerprint density at radius 2 is 2.60 bits per heavy atom. The number of nitro groups is 1. The number of rotatable bonds is 2. The van der Waals surface area contributed by atoms with Gasteiger partial charge in [-0.05, 0) is 11.0 Å². The summed E-state index contributed by atoms with van der Waals surface area (Å²) in [7, 11) is 0. The first-order valence-electron chi connectivity index (χ1n) is 2.56. The molecular weight excluding hydrogens is 134 g/mol. The molecule has 0 aromatic carbocycles. The third-order valence-corrected chi connectivity index (χ3v) is 0.990. The lowest BCUT2D eigenvalue weighted by Crippen LogP contribution is -1.86. The second-order valence-corrected chi connectivity index (χ2v) is 1.64. The van der Waals surface area contributed by atoms with Crippen molar-refractivity contribution in [3.63, 3.8) is 0 Å². The van der Waals surface area contributed by atoms with E-state index >= 15 is 0 Å². The van der Waals surface area contributed by atoms with E-state index < -0.39 is 4.92 Å². The van der Waals surface area contributed by atoms with E-state index in [0.717, 1.165) is 0 Å². The highest BCUT2D eigenvalue weighted by Crippen LogP contribution is 2.07. The van der Waals surface area contributed by atoms with Crippen molar-refractivity contribution in [2.75, 3.05) is 0 Å². The van der Waals surface area contributed by atoms with Crippen LogP contribution in [0.2, 0.25) is 0 Å².